The summed E-state index contributed by atoms with van der Waals surface area (Å²) in [6.45, 7) is 0. The van der Waals surface area contributed by atoms with Gasteiger partial charge in [-0.3, -0.25) is 5.32 Å². The number of rotatable bonds is 2. The number of carbonyl (C=O) groups is 1. The predicted octanol–water partition coefficient (Wildman–Crippen LogP) is 4.06. The van der Waals surface area contributed by atoms with Gasteiger partial charge in [0, 0.05) is 5.92 Å². The molecule has 0 spiro atoms. The van der Waals surface area contributed by atoms with Gasteiger partial charge >= 0.3 is 6.09 Å². The Morgan fingerprint density at radius 1 is 1.25 bits per heavy atom. The van der Waals surface area contributed by atoms with Crippen LogP contribution in [0, 0.1) is 5.92 Å². The van der Waals surface area contributed by atoms with Crippen LogP contribution in [0.5, 0.6) is 0 Å². The van der Waals surface area contributed by atoms with Crippen molar-refractivity contribution in [3.63, 3.8) is 0 Å². The van der Waals surface area contributed by atoms with Gasteiger partial charge < -0.3 is 4.74 Å². The van der Waals surface area contributed by atoms with Gasteiger partial charge in [0.15, 0.2) is 0 Å². The number of allylic oxidation sites excluding steroid dienone is 2. The molecule has 0 bridgehead atoms. The molecule has 0 radical (unpaired) electrons. The minimum absolute atomic E-state index is 0.264. The van der Waals surface area contributed by atoms with Crippen LogP contribution in [0.15, 0.2) is 48.2 Å². The number of nitrogens with one attached hydrogen (secondary N) is 1. The van der Waals surface area contributed by atoms with Crippen molar-refractivity contribution in [2.24, 2.45) is 5.92 Å². The van der Waals surface area contributed by atoms with Crippen molar-refractivity contribution >= 4 is 22.7 Å². The third-order valence-electron chi connectivity index (χ3n) is 3.76. The van der Waals surface area contributed by atoms with E-state index in [2.05, 4.69) is 17.5 Å². The molecule has 3 rings (SSSR count). The van der Waals surface area contributed by atoms with E-state index >= 15 is 0 Å². The number of ether oxygens (including phenoxy) is 1. The number of hydrogen-bond donors (Lipinski definition) is 1. The van der Waals surface area contributed by atoms with E-state index in [1.807, 2.05) is 30.3 Å². The van der Waals surface area contributed by atoms with Gasteiger partial charge in [-0.1, -0.05) is 54.1 Å². The lowest BCUT2D eigenvalue weighted by Gasteiger charge is -2.23. The molecular weight excluding hydrogens is 274 g/mol. The van der Waals surface area contributed by atoms with E-state index in [1.54, 1.807) is 0 Å². The van der Waals surface area contributed by atoms with E-state index in [0.717, 1.165) is 24.8 Å². The molecule has 104 valence electrons. The molecule has 0 aromatic heterocycles. The summed E-state index contributed by atoms with van der Waals surface area (Å²) < 4.78 is 5.43. The van der Waals surface area contributed by atoms with Crippen LogP contribution in [0.4, 0.5) is 4.79 Å². The van der Waals surface area contributed by atoms with Gasteiger partial charge in [-0.15, -0.1) is 0 Å². The monoisotopic (exact) mass is 289 g/mol. The molecule has 1 fully saturated rings. The van der Waals surface area contributed by atoms with E-state index < -0.39 is 6.09 Å². The molecule has 0 saturated carbocycles. The Hall–Kier alpha value is -1.74. The van der Waals surface area contributed by atoms with Crippen LogP contribution < -0.4 is 5.32 Å². The molecule has 1 aliphatic heterocycles. The molecule has 1 amide bonds. The summed E-state index contributed by atoms with van der Waals surface area (Å²) in [4.78, 5) is 11.6. The van der Waals surface area contributed by atoms with Gasteiger partial charge in [-0.25, -0.2) is 4.79 Å². The SMILES string of the molecule is O=C1N/C(=C(/Cl)c2ccccc2)C(C2CC=CCC2)O1. The second-order valence-corrected chi connectivity index (χ2v) is 5.47. The number of hydrogen-bond acceptors (Lipinski definition) is 2. The maximum atomic E-state index is 11.6. The van der Waals surface area contributed by atoms with Crippen molar-refractivity contribution in [2.75, 3.05) is 0 Å². The molecule has 1 saturated heterocycles. The Bertz CT molecular complexity index is 565. The topological polar surface area (TPSA) is 38.3 Å². The van der Waals surface area contributed by atoms with Crippen LogP contribution in [-0.2, 0) is 4.74 Å². The Kier molecular flexibility index (Phi) is 3.79. The minimum Gasteiger partial charge on any atom is -0.439 e. The molecular formula is C16H16ClNO2. The van der Waals surface area contributed by atoms with Crippen molar-refractivity contribution in [1.29, 1.82) is 0 Å². The van der Waals surface area contributed by atoms with E-state index in [-0.39, 0.29) is 6.10 Å². The fraction of sp³-hybridized carbons (Fsp3) is 0.312. The average Bonchev–Trinajstić information content (AvgIpc) is 2.90. The first kappa shape index (κ1) is 13.3. The van der Waals surface area contributed by atoms with E-state index in [1.165, 1.54) is 0 Å². The van der Waals surface area contributed by atoms with Gasteiger partial charge in [-0.2, -0.15) is 0 Å². The summed E-state index contributed by atoms with van der Waals surface area (Å²) in [5.74, 6) is 0.298. The predicted molar refractivity (Wildman–Crippen MR) is 79.1 cm³/mol. The van der Waals surface area contributed by atoms with Crippen LogP contribution >= 0.6 is 11.6 Å². The summed E-state index contributed by atoms with van der Waals surface area (Å²) >= 11 is 6.46. The second-order valence-electron chi connectivity index (χ2n) is 5.09. The summed E-state index contributed by atoms with van der Waals surface area (Å²) in [6, 6.07) is 9.64. The number of halogens is 1. The van der Waals surface area contributed by atoms with Crippen LogP contribution in [0.3, 0.4) is 0 Å². The third kappa shape index (κ3) is 2.59. The standard InChI is InChI=1S/C16H16ClNO2/c17-13(11-7-3-1-4-8-11)14-15(20-16(19)18-14)12-9-5-2-6-10-12/h1-5,7-8,12,15H,6,9-10H2,(H,18,19)/b14-13+. The highest BCUT2D eigenvalue weighted by Crippen LogP contribution is 2.35. The Morgan fingerprint density at radius 3 is 2.75 bits per heavy atom. The molecule has 3 nitrogen and oxygen atoms in total. The van der Waals surface area contributed by atoms with E-state index in [4.69, 9.17) is 16.3 Å². The average molecular weight is 290 g/mol. The number of cyclic esters (lactones) is 1. The maximum absolute atomic E-state index is 11.6. The van der Waals surface area contributed by atoms with Gasteiger partial charge in [0.2, 0.25) is 0 Å². The number of benzene rings is 1. The maximum Gasteiger partial charge on any atom is 0.412 e. The third-order valence-corrected chi connectivity index (χ3v) is 4.18. The largest absolute Gasteiger partial charge is 0.439 e. The molecule has 1 heterocycles. The van der Waals surface area contributed by atoms with Crippen molar-refractivity contribution in [3.05, 3.63) is 53.7 Å². The molecule has 4 heteroatoms. The summed E-state index contributed by atoms with van der Waals surface area (Å²) in [5.41, 5.74) is 1.59. The number of carbonyl (C=O) groups excluding carboxylic acids is 1. The lowest BCUT2D eigenvalue weighted by molar-refractivity contribution is 0.110. The first-order valence-electron chi connectivity index (χ1n) is 6.83. The van der Waals surface area contributed by atoms with Crippen molar-refractivity contribution in [3.8, 4) is 0 Å². The van der Waals surface area contributed by atoms with Crippen LogP contribution in [0.2, 0.25) is 0 Å². The van der Waals surface area contributed by atoms with E-state index in [9.17, 15) is 4.79 Å². The van der Waals surface area contributed by atoms with Crippen LogP contribution in [0.25, 0.3) is 5.03 Å². The normalized spacial score (nSPS) is 27.9. The molecule has 1 aromatic rings. The molecule has 2 unspecified atom stereocenters. The molecule has 1 aliphatic carbocycles. The zero-order valence-electron chi connectivity index (χ0n) is 11.0. The highest BCUT2D eigenvalue weighted by atomic mass is 35.5. The summed E-state index contributed by atoms with van der Waals surface area (Å²) in [7, 11) is 0. The highest BCUT2D eigenvalue weighted by Gasteiger charge is 2.37. The minimum atomic E-state index is -0.409. The lowest BCUT2D eigenvalue weighted by Crippen LogP contribution is -2.24. The van der Waals surface area contributed by atoms with Gasteiger partial charge in [0.05, 0.1) is 10.7 Å². The van der Waals surface area contributed by atoms with Gasteiger partial charge in [-0.05, 0) is 24.8 Å². The van der Waals surface area contributed by atoms with Crippen LogP contribution in [-0.4, -0.2) is 12.2 Å². The Balaban J connectivity index is 1.93. The molecule has 20 heavy (non-hydrogen) atoms. The first-order chi connectivity index (χ1) is 9.75. The van der Waals surface area contributed by atoms with E-state index in [0.29, 0.717) is 16.6 Å². The Labute approximate surface area is 123 Å². The van der Waals surface area contributed by atoms with Crippen molar-refractivity contribution < 1.29 is 9.53 Å². The van der Waals surface area contributed by atoms with Crippen LogP contribution in [0.1, 0.15) is 24.8 Å². The second kappa shape index (κ2) is 5.71. The van der Waals surface area contributed by atoms with Gasteiger partial charge in [0.25, 0.3) is 0 Å². The van der Waals surface area contributed by atoms with Gasteiger partial charge in [0.1, 0.15) is 6.10 Å². The molecule has 1 N–H and O–H groups in total. The Morgan fingerprint density at radius 2 is 2.05 bits per heavy atom. The number of alkyl carbamates (subject to hydrolysis) is 1. The first-order valence-corrected chi connectivity index (χ1v) is 7.21. The molecule has 1 aromatic carbocycles. The quantitative estimate of drug-likeness (QED) is 0.834. The summed E-state index contributed by atoms with van der Waals surface area (Å²) in [5, 5.41) is 3.33. The van der Waals surface area contributed by atoms with Crippen molar-refractivity contribution in [1.82, 2.24) is 5.32 Å². The fourth-order valence-electron chi connectivity index (χ4n) is 2.73. The lowest BCUT2D eigenvalue weighted by atomic mass is 9.87. The fourth-order valence-corrected chi connectivity index (χ4v) is 3.01. The number of amides is 1. The smallest absolute Gasteiger partial charge is 0.412 e. The molecule has 2 aliphatic rings. The zero-order chi connectivity index (χ0) is 13.9. The zero-order valence-corrected chi connectivity index (χ0v) is 11.8. The summed E-state index contributed by atoms with van der Waals surface area (Å²) in [6.07, 6.45) is 6.60. The molecule has 2 atom stereocenters. The van der Waals surface area contributed by atoms with Crippen molar-refractivity contribution in [2.45, 2.75) is 25.4 Å². The highest BCUT2D eigenvalue weighted by molar-refractivity contribution is 6.49.